The molecule has 1 aromatic heterocycles. The van der Waals surface area contributed by atoms with Crippen LogP contribution in [0.3, 0.4) is 0 Å². The Kier molecular flexibility index (Phi) is 4.97. The van der Waals surface area contributed by atoms with Crippen LogP contribution >= 0.6 is 15.9 Å². The number of hydrogen-bond donors (Lipinski definition) is 2. The molecule has 112 valence electrons. The number of rotatable bonds is 5. The third kappa shape index (κ3) is 3.81. The average Bonchev–Trinajstić information content (AvgIpc) is 2.50. The summed E-state index contributed by atoms with van der Waals surface area (Å²) in [6, 6.07) is 11.5. The molecule has 1 aromatic carbocycles. The van der Waals surface area contributed by atoms with E-state index in [2.05, 4.69) is 31.0 Å². The highest BCUT2D eigenvalue weighted by Crippen LogP contribution is 2.26. The van der Waals surface area contributed by atoms with Gasteiger partial charge in [0.1, 0.15) is 10.7 Å². The van der Waals surface area contributed by atoms with Gasteiger partial charge in [0.15, 0.2) is 0 Å². The lowest BCUT2D eigenvalue weighted by atomic mass is 10.1. The van der Waals surface area contributed by atoms with Crippen molar-refractivity contribution >= 4 is 31.8 Å². The normalized spacial score (nSPS) is 12.9. The van der Waals surface area contributed by atoms with Crippen molar-refractivity contribution in [3.63, 3.8) is 0 Å². The first-order valence-electron chi connectivity index (χ1n) is 6.34. The maximum absolute atomic E-state index is 11.7. The topological polar surface area (TPSA) is 71.1 Å². The van der Waals surface area contributed by atoms with Crippen LogP contribution in [-0.2, 0) is 10.0 Å². The van der Waals surface area contributed by atoms with E-state index in [1.54, 1.807) is 0 Å². The fourth-order valence-electron chi connectivity index (χ4n) is 1.82. The van der Waals surface area contributed by atoms with Crippen LogP contribution in [0.15, 0.2) is 52.0 Å². The van der Waals surface area contributed by atoms with Gasteiger partial charge in [-0.15, -0.1) is 0 Å². The van der Waals surface area contributed by atoms with Gasteiger partial charge in [-0.1, -0.05) is 30.3 Å². The molecule has 2 rings (SSSR count). The minimum Gasteiger partial charge on any atom is -0.363 e. The van der Waals surface area contributed by atoms with Crippen molar-refractivity contribution < 1.29 is 8.42 Å². The van der Waals surface area contributed by atoms with E-state index in [-0.39, 0.29) is 10.9 Å². The van der Waals surface area contributed by atoms with E-state index in [0.29, 0.717) is 10.3 Å². The molecule has 2 N–H and O–H groups in total. The highest BCUT2D eigenvalue weighted by molar-refractivity contribution is 9.10. The number of nitrogens with one attached hydrogen (secondary N) is 2. The van der Waals surface area contributed by atoms with Gasteiger partial charge in [0.25, 0.3) is 0 Å². The Labute approximate surface area is 133 Å². The van der Waals surface area contributed by atoms with Gasteiger partial charge in [-0.3, -0.25) is 0 Å². The first-order chi connectivity index (χ1) is 9.94. The Morgan fingerprint density at radius 2 is 1.90 bits per heavy atom. The van der Waals surface area contributed by atoms with Gasteiger partial charge in [-0.25, -0.2) is 18.1 Å². The molecule has 0 amide bonds. The summed E-state index contributed by atoms with van der Waals surface area (Å²) in [5.74, 6) is 0.599. The number of nitrogens with zero attached hydrogens (tertiary/aromatic N) is 1. The van der Waals surface area contributed by atoms with Gasteiger partial charge in [-0.05, 0) is 41.5 Å². The van der Waals surface area contributed by atoms with Crippen molar-refractivity contribution in [2.24, 2.45) is 0 Å². The zero-order chi connectivity index (χ0) is 15.5. The second kappa shape index (κ2) is 6.55. The van der Waals surface area contributed by atoms with Crippen LogP contribution in [0.1, 0.15) is 18.5 Å². The molecule has 1 heterocycles. The maximum Gasteiger partial charge on any atom is 0.241 e. The predicted molar refractivity (Wildman–Crippen MR) is 86.7 cm³/mol. The number of halogens is 1. The van der Waals surface area contributed by atoms with Gasteiger partial charge >= 0.3 is 0 Å². The first kappa shape index (κ1) is 15.9. The van der Waals surface area contributed by atoms with Gasteiger partial charge in [0.2, 0.25) is 10.0 Å². The molecule has 0 aliphatic carbocycles. The number of pyridine rings is 1. The summed E-state index contributed by atoms with van der Waals surface area (Å²) in [7, 11) is -2.12. The van der Waals surface area contributed by atoms with Crippen molar-refractivity contribution in [3.05, 3.63) is 52.6 Å². The molecule has 0 saturated heterocycles. The number of anilines is 1. The smallest absolute Gasteiger partial charge is 0.241 e. The summed E-state index contributed by atoms with van der Waals surface area (Å²) < 4.78 is 26.3. The second-order valence-corrected chi connectivity index (χ2v) is 7.23. The number of benzene rings is 1. The van der Waals surface area contributed by atoms with Gasteiger partial charge in [-0.2, -0.15) is 0 Å². The van der Waals surface area contributed by atoms with Crippen LogP contribution in [0.5, 0.6) is 0 Å². The molecule has 21 heavy (non-hydrogen) atoms. The van der Waals surface area contributed by atoms with Crippen molar-refractivity contribution in [2.45, 2.75) is 17.9 Å². The molecule has 0 aliphatic rings. The number of sulfonamides is 1. The van der Waals surface area contributed by atoms with Crippen molar-refractivity contribution in [2.75, 3.05) is 12.4 Å². The second-order valence-electron chi connectivity index (χ2n) is 4.49. The Balaban J connectivity index is 2.23. The fourth-order valence-corrected chi connectivity index (χ4v) is 3.14. The summed E-state index contributed by atoms with van der Waals surface area (Å²) in [6.45, 7) is 2.02. The molecule has 0 radical (unpaired) electrons. The van der Waals surface area contributed by atoms with Crippen LogP contribution in [-0.4, -0.2) is 20.4 Å². The van der Waals surface area contributed by atoms with Crippen LogP contribution in [0.4, 0.5) is 5.82 Å². The van der Waals surface area contributed by atoms with E-state index in [9.17, 15) is 8.42 Å². The lowest BCUT2D eigenvalue weighted by Gasteiger charge is -2.16. The zero-order valence-electron chi connectivity index (χ0n) is 11.7. The zero-order valence-corrected chi connectivity index (χ0v) is 14.1. The standard InChI is InChI=1S/C14H16BrN3O2S/c1-10(11-6-4-3-5-7-11)18-14-13(15)8-12(9-17-14)21(19,20)16-2/h3-10,16H,1-2H3,(H,17,18)/t10-/m0/s1. The lowest BCUT2D eigenvalue weighted by molar-refractivity contribution is 0.588. The Bertz CT molecular complexity index is 720. The quantitative estimate of drug-likeness (QED) is 0.849. The minimum absolute atomic E-state index is 0.0572. The number of hydrogen-bond acceptors (Lipinski definition) is 4. The molecular weight excluding hydrogens is 354 g/mol. The third-order valence-electron chi connectivity index (χ3n) is 3.05. The fraction of sp³-hybridized carbons (Fsp3) is 0.214. The van der Waals surface area contributed by atoms with Crippen molar-refractivity contribution in [1.82, 2.24) is 9.71 Å². The largest absolute Gasteiger partial charge is 0.363 e. The summed E-state index contributed by atoms with van der Waals surface area (Å²) in [4.78, 5) is 4.30. The monoisotopic (exact) mass is 369 g/mol. The van der Waals surface area contributed by atoms with Crippen LogP contribution < -0.4 is 10.0 Å². The molecule has 0 spiro atoms. The first-order valence-corrected chi connectivity index (χ1v) is 8.62. The van der Waals surface area contributed by atoms with Gasteiger partial charge in [0, 0.05) is 12.2 Å². The molecule has 0 saturated carbocycles. The Morgan fingerprint density at radius 1 is 1.24 bits per heavy atom. The highest BCUT2D eigenvalue weighted by Gasteiger charge is 2.15. The van der Waals surface area contributed by atoms with Crippen molar-refractivity contribution in [1.29, 1.82) is 0 Å². The Hall–Kier alpha value is -1.44. The van der Waals surface area contributed by atoms with E-state index in [1.165, 1.54) is 19.3 Å². The molecule has 5 nitrogen and oxygen atoms in total. The maximum atomic E-state index is 11.7. The third-order valence-corrected chi connectivity index (χ3v) is 5.03. The Morgan fingerprint density at radius 3 is 2.48 bits per heavy atom. The minimum atomic E-state index is -3.49. The van der Waals surface area contributed by atoms with E-state index in [1.807, 2.05) is 37.3 Å². The van der Waals surface area contributed by atoms with E-state index in [0.717, 1.165) is 5.56 Å². The summed E-state index contributed by atoms with van der Waals surface area (Å²) >= 11 is 3.35. The summed E-state index contributed by atoms with van der Waals surface area (Å²) in [5.41, 5.74) is 1.12. The van der Waals surface area contributed by atoms with Crippen LogP contribution in [0.25, 0.3) is 0 Å². The summed E-state index contributed by atoms with van der Waals surface area (Å²) in [6.07, 6.45) is 1.33. The summed E-state index contributed by atoms with van der Waals surface area (Å²) in [5, 5.41) is 3.25. The van der Waals surface area contributed by atoms with E-state index < -0.39 is 10.0 Å². The average molecular weight is 370 g/mol. The molecule has 2 aromatic rings. The van der Waals surface area contributed by atoms with E-state index >= 15 is 0 Å². The van der Waals surface area contributed by atoms with Crippen LogP contribution in [0, 0.1) is 0 Å². The van der Waals surface area contributed by atoms with Gasteiger partial charge in [0.05, 0.1) is 4.47 Å². The molecule has 0 fully saturated rings. The molecular formula is C14H16BrN3O2S. The van der Waals surface area contributed by atoms with Crippen molar-refractivity contribution in [3.8, 4) is 0 Å². The number of aromatic nitrogens is 1. The van der Waals surface area contributed by atoms with Crippen LogP contribution in [0.2, 0.25) is 0 Å². The molecule has 0 unspecified atom stereocenters. The predicted octanol–water partition coefficient (Wildman–Crippen LogP) is 2.93. The molecule has 7 heteroatoms. The lowest BCUT2D eigenvalue weighted by Crippen LogP contribution is -2.19. The molecule has 0 bridgehead atoms. The van der Waals surface area contributed by atoms with Gasteiger partial charge < -0.3 is 5.32 Å². The molecule has 1 atom stereocenters. The SMILES string of the molecule is CNS(=O)(=O)c1cnc(N[C@@H](C)c2ccccc2)c(Br)c1. The molecule has 0 aliphatic heterocycles. The van der Waals surface area contributed by atoms with E-state index in [4.69, 9.17) is 0 Å². The highest BCUT2D eigenvalue weighted by atomic mass is 79.9.